The Morgan fingerprint density at radius 1 is 0.584 bits per heavy atom. The van der Waals surface area contributed by atoms with Crippen molar-refractivity contribution in [1.29, 1.82) is 0 Å². The number of rotatable bonds is 12. The highest BCUT2D eigenvalue weighted by atomic mass is 19.1. The van der Waals surface area contributed by atoms with Gasteiger partial charge in [0.05, 0.1) is 48.4 Å². The number of halogens is 4. The monoisotopic (exact) mass is 1070 g/mol. The van der Waals surface area contributed by atoms with Gasteiger partial charge in [0.25, 0.3) is 0 Å². The van der Waals surface area contributed by atoms with Crippen LogP contribution >= 0.6 is 0 Å². The third-order valence-corrected chi connectivity index (χ3v) is 18.4. The lowest BCUT2D eigenvalue weighted by Crippen LogP contribution is -2.53. The van der Waals surface area contributed by atoms with Crippen LogP contribution in [0.3, 0.4) is 0 Å². The quantitative estimate of drug-likeness (QED) is 0.0885. The van der Waals surface area contributed by atoms with Crippen molar-refractivity contribution in [3.05, 3.63) is 88.0 Å². The number of hydrogen-bond donors (Lipinski definition) is 4. The fraction of sp³-hybridized carbons (Fsp3) is 0.586. The van der Waals surface area contributed by atoms with Gasteiger partial charge in [-0.3, -0.25) is 9.59 Å². The third-order valence-electron chi connectivity index (χ3n) is 18.4. The summed E-state index contributed by atoms with van der Waals surface area (Å²) < 4.78 is 77.2. The molecule has 3 saturated carbocycles. The maximum atomic E-state index is 17.1. The minimum atomic E-state index is -0.844. The summed E-state index contributed by atoms with van der Waals surface area (Å²) >= 11 is 0. The maximum absolute atomic E-state index is 17.1. The summed E-state index contributed by atoms with van der Waals surface area (Å²) in [6.45, 7) is 8.50. The Hall–Kier alpha value is -6.40. The van der Waals surface area contributed by atoms with Gasteiger partial charge in [-0.25, -0.2) is 37.1 Å². The highest BCUT2D eigenvalue weighted by Gasteiger charge is 2.52. The number of H-pyrrole nitrogens is 2. The van der Waals surface area contributed by atoms with E-state index in [2.05, 4.69) is 20.6 Å². The Morgan fingerprint density at radius 2 is 1.03 bits per heavy atom. The number of alkyl carbamates (subject to hydrolysis) is 2. The number of aromatic amines is 2. The number of anilines is 1. The van der Waals surface area contributed by atoms with Gasteiger partial charge in [-0.2, -0.15) is 0 Å². The normalized spacial score (nSPS) is 27.0. The summed E-state index contributed by atoms with van der Waals surface area (Å²) in [6, 6.07) is 6.12. The van der Waals surface area contributed by atoms with Crippen molar-refractivity contribution < 1.29 is 46.2 Å². The predicted octanol–water partition coefficient (Wildman–Crippen LogP) is 11.1. The van der Waals surface area contributed by atoms with Crippen molar-refractivity contribution in [2.75, 3.05) is 32.2 Å². The Kier molecular flexibility index (Phi) is 14.4. The largest absolute Gasteiger partial charge is 0.453 e. The minimum Gasteiger partial charge on any atom is -0.453 e. The van der Waals surface area contributed by atoms with E-state index in [0.29, 0.717) is 89.2 Å². The Bertz CT molecular complexity index is 2900. The molecule has 19 heteroatoms. The van der Waals surface area contributed by atoms with Crippen molar-refractivity contribution in [1.82, 2.24) is 40.4 Å². The second kappa shape index (κ2) is 21.1. The zero-order chi connectivity index (χ0) is 54.1. The molecule has 77 heavy (non-hydrogen) atoms. The number of nitrogens with one attached hydrogen (secondary N) is 4. The van der Waals surface area contributed by atoms with E-state index in [9.17, 15) is 19.2 Å². The lowest BCUT2D eigenvalue weighted by atomic mass is 9.77. The second-order valence-electron chi connectivity index (χ2n) is 23.4. The van der Waals surface area contributed by atoms with Crippen LogP contribution in [0.5, 0.6) is 0 Å². The third kappa shape index (κ3) is 9.54. The van der Waals surface area contributed by atoms with Gasteiger partial charge >= 0.3 is 12.2 Å². The van der Waals surface area contributed by atoms with Crippen molar-refractivity contribution in [2.24, 2.45) is 23.7 Å². The molecule has 4 N–H and O–H groups in total. The van der Waals surface area contributed by atoms with Gasteiger partial charge in [0.15, 0.2) is 0 Å². The summed E-state index contributed by atoms with van der Waals surface area (Å²) in [4.78, 5) is 76.0. The standard InChI is InChI=1S/C58H71F4N9O6/c1-28(2)50(67-57(74)76-5)55(72)70-45-14-10-12-30(45)22-47(70)53-63-41-24-35(37(59)26-43(41)65-53)33-16-17-34(49(33)32-20-39(61)52(40(62)21-32)69-18-8-7-9-19-69)36-25-42-44(27-38(36)60)66-54(64-42)48-23-31-13-11-15-46(31)71(48)56(73)51(29(3)4)68-58(75)77-6/h20-21,24-31,33-34,45-51H,7-19,22-23H2,1-6H3,(H,63,65)(H,64,66)(H,67,74)(H,68,75)/t30-,31-,33+,34+,45-,46-,47-,48-,49?,50-,51?/m0/s1. The van der Waals surface area contributed by atoms with Crippen LogP contribution in [0.15, 0.2) is 36.4 Å². The number of hydrogen-bond acceptors (Lipinski definition) is 9. The maximum Gasteiger partial charge on any atom is 0.407 e. The number of nitrogens with zero attached hydrogens (tertiary/aromatic N) is 5. The Balaban J connectivity index is 0.957. The van der Waals surface area contributed by atoms with Crippen molar-refractivity contribution in [3.8, 4) is 0 Å². The van der Waals surface area contributed by atoms with Gasteiger partial charge < -0.3 is 44.8 Å². The van der Waals surface area contributed by atoms with Gasteiger partial charge in [-0.1, -0.05) is 40.5 Å². The first-order chi connectivity index (χ1) is 37.0. The molecule has 2 unspecified atom stereocenters. The number of methoxy groups -OCH3 is 2. The number of imidazole rings is 2. The number of benzene rings is 3. The van der Waals surface area contributed by atoms with E-state index < -0.39 is 77.4 Å². The van der Waals surface area contributed by atoms with Gasteiger partial charge in [0.1, 0.15) is 52.7 Å². The summed E-state index contributed by atoms with van der Waals surface area (Å²) in [5.41, 5.74) is 2.54. The topological polar surface area (TPSA) is 178 Å². The van der Waals surface area contributed by atoms with Crippen molar-refractivity contribution >= 4 is 51.8 Å². The summed E-state index contributed by atoms with van der Waals surface area (Å²) in [5.74, 6) is -4.18. The van der Waals surface area contributed by atoms with Gasteiger partial charge in [0.2, 0.25) is 11.8 Å². The fourth-order valence-corrected chi connectivity index (χ4v) is 14.8. The fourth-order valence-electron chi connectivity index (χ4n) is 14.8. The molecule has 3 aliphatic heterocycles. The van der Waals surface area contributed by atoms with E-state index >= 15 is 17.6 Å². The van der Waals surface area contributed by atoms with Crippen LogP contribution in [0.4, 0.5) is 32.8 Å². The van der Waals surface area contributed by atoms with Crippen molar-refractivity contribution in [2.45, 2.75) is 165 Å². The van der Waals surface area contributed by atoms with E-state index in [-0.39, 0.29) is 53.3 Å². The molecule has 3 aliphatic carbocycles. The molecule has 15 nitrogen and oxygen atoms in total. The zero-order valence-corrected chi connectivity index (χ0v) is 44.8. The molecule has 11 rings (SSSR count). The zero-order valence-electron chi connectivity index (χ0n) is 44.8. The van der Waals surface area contributed by atoms with Crippen LogP contribution in [-0.4, -0.2) is 105 Å². The first-order valence-corrected chi connectivity index (χ1v) is 28.0. The van der Waals surface area contributed by atoms with Crippen LogP contribution in [0, 0.1) is 46.9 Å². The molecule has 2 aromatic heterocycles. The molecule has 3 aromatic carbocycles. The average Bonchev–Trinajstić information content (AvgIpc) is 4.37. The molecule has 0 radical (unpaired) electrons. The molecule has 5 heterocycles. The molecule has 6 aliphatic rings. The summed E-state index contributed by atoms with van der Waals surface area (Å²) in [6.07, 6.45) is 8.64. The number of carbonyl (C=O) groups is 4. The highest BCUT2D eigenvalue weighted by Crippen LogP contribution is 2.57. The van der Waals surface area contributed by atoms with Gasteiger partial charge in [-0.05, 0) is 153 Å². The molecular weight excluding hydrogens is 995 g/mol. The molecule has 4 amide bonds. The van der Waals surface area contributed by atoms with Gasteiger partial charge in [0, 0.05) is 37.3 Å². The highest BCUT2D eigenvalue weighted by molar-refractivity contribution is 5.88. The first-order valence-electron chi connectivity index (χ1n) is 28.0. The van der Waals surface area contributed by atoms with Crippen LogP contribution in [0.25, 0.3) is 22.1 Å². The van der Waals surface area contributed by atoms with E-state index in [1.807, 2.05) is 37.5 Å². The second-order valence-corrected chi connectivity index (χ2v) is 23.4. The number of likely N-dealkylation sites (tertiary alicyclic amines) is 2. The number of fused-ring (bicyclic) bond motifs is 4. The Morgan fingerprint density at radius 3 is 1.44 bits per heavy atom. The number of aromatic nitrogens is 4. The average molecular weight is 1070 g/mol. The molecule has 0 bridgehead atoms. The summed E-state index contributed by atoms with van der Waals surface area (Å²) in [5, 5.41) is 5.48. The molecule has 6 fully saturated rings. The molecular formula is C58H71F4N9O6. The van der Waals surface area contributed by atoms with Crippen molar-refractivity contribution in [3.63, 3.8) is 0 Å². The number of carbonyl (C=O) groups excluding carboxylic acids is 4. The van der Waals surface area contributed by atoms with Crippen LogP contribution < -0.4 is 15.5 Å². The number of piperidine rings is 1. The van der Waals surface area contributed by atoms with Gasteiger partial charge in [-0.15, -0.1) is 0 Å². The van der Waals surface area contributed by atoms with E-state index in [0.717, 1.165) is 57.8 Å². The molecule has 3 saturated heterocycles. The molecule has 5 aromatic rings. The van der Waals surface area contributed by atoms with Crippen LogP contribution in [0.2, 0.25) is 0 Å². The van der Waals surface area contributed by atoms with E-state index in [1.54, 1.807) is 17.0 Å². The molecule has 0 spiro atoms. The Labute approximate surface area is 446 Å². The lowest BCUT2D eigenvalue weighted by Gasteiger charge is -2.33. The predicted molar refractivity (Wildman–Crippen MR) is 281 cm³/mol. The number of amides is 4. The first kappa shape index (κ1) is 52.6. The SMILES string of the molecule is COC(=O)NC(C(=O)N1[C@H](c2nc3cc(F)c([C@H]4CC[C@H](c5cc6[nH]c([C@@H]7C[C@@H]8CCC[C@@H]8N7C(=O)[C@@H](NC(=O)OC)C(C)C)nc6cc5F)C4c4cc(F)c(N5CCCCC5)c(F)c4)cc3[nH]2)C[C@@H]2CCC[C@@H]21)C(C)C. The van der Waals surface area contributed by atoms with E-state index in [4.69, 9.17) is 19.4 Å². The van der Waals surface area contributed by atoms with E-state index in [1.165, 1.54) is 38.5 Å². The minimum absolute atomic E-state index is 0.0550. The van der Waals surface area contributed by atoms with Crippen LogP contribution in [-0.2, 0) is 19.1 Å². The smallest absolute Gasteiger partial charge is 0.407 e. The molecule has 412 valence electrons. The lowest BCUT2D eigenvalue weighted by molar-refractivity contribution is -0.138. The molecule has 11 atom stereocenters. The summed E-state index contributed by atoms with van der Waals surface area (Å²) in [7, 11) is 2.51. The van der Waals surface area contributed by atoms with Crippen LogP contribution in [0.1, 0.15) is 169 Å². The number of ether oxygens (including phenoxy) is 2.